The predicted octanol–water partition coefficient (Wildman–Crippen LogP) is 5.91. The van der Waals surface area contributed by atoms with Crippen molar-refractivity contribution in [2.24, 2.45) is 0 Å². The Kier molecular flexibility index (Phi) is 9.73. The van der Waals surface area contributed by atoms with Crippen LogP contribution in [0.1, 0.15) is 46.5 Å². The molecule has 0 amide bonds. The fourth-order valence-electron chi connectivity index (χ4n) is 1.52. The van der Waals surface area contributed by atoms with Crippen LogP contribution in [-0.2, 0) is 0 Å². The van der Waals surface area contributed by atoms with Crippen molar-refractivity contribution in [2.75, 3.05) is 0 Å². The summed E-state index contributed by atoms with van der Waals surface area (Å²) in [6.45, 7) is 13.9. The minimum atomic E-state index is 0.991. The lowest BCUT2D eigenvalue weighted by molar-refractivity contribution is 0.771. The monoisotopic (exact) mass is 242 g/mol. The zero-order chi connectivity index (χ0) is 13.8. The number of rotatable bonds is 8. The maximum atomic E-state index is 3.75. The van der Waals surface area contributed by atoms with Crippen LogP contribution in [0, 0.1) is 0 Å². The van der Waals surface area contributed by atoms with E-state index in [1.807, 2.05) is 12.2 Å². The summed E-state index contributed by atoms with van der Waals surface area (Å²) in [5.41, 5.74) is 7.23. The van der Waals surface area contributed by atoms with Crippen molar-refractivity contribution in [1.29, 1.82) is 0 Å². The van der Waals surface area contributed by atoms with Crippen LogP contribution in [0.4, 0.5) is 0 Å². The Labute approximate surface area is 113 Å². The Balaban J connectivity index is 4.72. The summed E-state index contributed by atoms with van der Waals surface area (Å²) >= 11 is 0. The molecule has 0 nitrogen and oxygen atoms in total. The van der Waals surface area contributed by atoms with E-state index in [-0.39, 0.29) is 0 Å². The van der Waals surface area contributed by atoms with Gasteiger partial charge in [0.1, 0.15) is 0 Å². The maximum absolute atomic E-state index is 3.75. The van der Waals surface area contributed by atoms with E-state index in [1.54, 1.807) is 6.08 Å². The Bertz CT molecular complexity index is 382. The second-order valence-corrected chi connectivity index (χ2v) is 4.56. The quantitative estimate of drug-likeness (QED) is 0.366. The highest BCUT2D eigenvalue weighted by atomic mass is 14.0. The zero-order valence-electron chi connectivity index (χ0n) is 12.1. The first-order valence-electron chi connectivity index (χ1n) is 6.66. The molecular formula is C18H26. The molecule has 0 aromatic heterocycles. The first kappa shape index (κ1) is 16.5. The highest BCUT2D eigenvalue weighted by Gasteiger charge is 1.97. The molecule has 0 fully saturated rings. The lowest BCUT2D eigenvalue weighted by atomic mass is 10.0. The Morgan fingerprint density at radius 2 is 1.89 bits per heavy atom. The number of allylic oxidation sites excluding steroid dienone is 7. The van der Waals surface area contributed by atoms with Crippen LogP contribution >= 0.6 is 0 Å². The van der Waals surface area contributed by atoms with E-state index in [1.165, 1.54) is 29.6 Å². The fourth-order valence-corrected chi connectivity index (χ4v) is 1.52. The van der Waals surface area contributed by atoms with Crippen LogP contribution in [0.15, 0.2) is 66.0 Å². The predicted molar refractivity (Wildman–Crippen MR) is 83.6 cm³/mol. The van der Waals surface area contributed by atoms with E-state index in [9.17, 15) is 0 Å². The lowest BCUT2D eigenvalue weighted by Gasteiger charge is -2.04. The molecule has 0 N–H and O–H groups in total. The highest BCUT2D eigenvalue weighted by Crippen LogP contribution is 2.16. The van der Waals surface area contributed by atoms with Gasteiger partial charge in [0.2, 0.25) is 0 Å². The van der Waals surface area contributed by atoms with E-state index in [2.05, 4.69) is 51.8 Å². The molecule has 0 heterocycles. The van der Waals surface area contributed by atoms with Gasteiger partial charge in [-0.1, -0.05) is 62.0 Å². The molecule has 0 heteroatoms. The first-order chi connectivity index (χ1) is 8.63. The lowest BCUT2D eigenvalue weighted by Crippen LogP contribution is -1.85. The van der Waals surface area contributed by atoms with Crippen molar-refractivity contribution in [3.05, 3.63) is 66.0 Å². The van der Waals surface area contributed by atoms with Crippen molar-refractivity contribution in [3.8, 4) is 0 Å². The SMILES string of the molecule is C=CC=C=C(CCCC)C/C(C)=C/C=C(/C)C=C. The van der Waals surface area contributed by atoms with Crippen molar-refractivity contribution >= 4 is 0 Å². The molecule has 0 aliphatic carbocycles. The van der Waals surface area contributed by atoms with E-state index >= 15 is 0 Å². The van der Waals surface area contributed by atoms with Gasteiger partial charge in [-0.3, -0.25) is 0 Å². The molecule has 0 aromatic rings. The van der Waals surface area contributed by atoms with Gasteiger partial charge in [-0.2, -0.15) is 0 Å². The molecule has 0 radical (unpaired) electrons. The van der Waals surface area contributed by atoms with E-state index in [0.29, 0.717) is 0 Å². The molecule has 0 aliphatic rings. The van der Waals surface area contributed by atoms with E-state index in [0.717, 1.165) is 12.8 Å². The van der Waals surface area contributed by atoms with Crippen LogP contribution in [-0.4, -0.2) is 0 Å². The number of hydrogen-bond donors (Lipinski definition) is 0. The molecule has 0 rings (SSSR count). The summed E-state index contributed by atoms with van der Waals surface area (Å²) in [6, 6.07) is 0. The molecule has 0 atom stereocenters. The standard InChI is InChI=1S/C18H26/c1-6-9-11-18(12-10-7-2)15-17(5)14-13-16(4)8-3/h6,8-9,13-14H,1,3,7,10,12,15H2,2,4-5H3/b16-13-,17-14+. The number of unbranched alkanes of at least 4 members (excludes halogenated alkanes) is 1. The molecule has 0 unspecified atom stereocenters. The van der Waals surface area contributed by atoms with Gasteiger partial charge in [0.15, 0.2) is 0 Å². The second kappa shape index (κ2) is 10.6. The van der Waals surface area contributed by atoms with Gasteiger partial charge in [0.05, 0.1) is 0 Å². The Hall–Kier alpha value is -1.52. The van der Waals surface area contributed by atoms with Crippen LogP contribution in [0.25, 0.3) is 0 Å². The van der Waals surface area contributed by atoms with Gasteiger partial charge >= 0.3 is 0 Å². The molecule has 0 saturated heterocycles. The van der Waals surface area contributed by atoms with Crippen LogP contribution in [0.5, 0.6) is 0 Å². The molecule has 18 heavy (non-hydrogen) atoms. The second-order valence-electron chi connectivity index (χ2n) is 4.56. The average molecular weight is 242 g/mol. The molecule has 0 aromatic carbocycles. The Morgan fingerprint density at radius 1 is 1.17 bits per heavy atom. The highest BCUT2D eigenvalue weighted by molar-refractivity contribution is 5.24. The number of hydrogen-bond acceptors (Lipinski definition) is 0. The smallest absolute Gasteiger partial charge is 0.00318 e. The summed E-state index contributed by atoms with van der Waals surface area (Å²) in [6.07, 6.45) is 14.4. The van der Waals surface area contributed by atoms with Crippen molar-refractivity contribution in [1.82, 2.24) is 0 Å². The van der Waals surface area contributed by atoms with Crippen LogP contribution in [0.3, 0.4) is 0 Å². The summed E-state index contributed by atoms with van der Waals surface area (Å²) in [5, 5.41) is 0. The molecule has 0 aliphatic heterocycles. The van der Waals surface area contributed by atoms with Crippen molar-refractivity contribution < 1.29 is 0 Å². The summed E-state index contributed by atoms with van der Waals surface area (Å²) in [5.74, 6) is 0. The first-order valence-corrected chi connectivity index (χ1v) is 6.66. The topological polar surface area (TPSA) is 0 Å². The van der Waals surface area contributed by atoms with E-state index in [4.69, 9.17) is 0 Å². The molecular weight excluding hydrogens is 216 g/mol. The normalized spacial score (nSPS) is 11.7. The third kappa shape index (κ3) is 8.61. The van der Waals surface area contributed by atoms with E-state index < -0.39 is 0 Å². The van der Waals surface area contributed by atoms with Crippen molar-refractivity contribution in [2.45, 2.75) is 46.5 Å². The van der Waals surface area contributed by atoms with Gasteiger partial charge in [0, 0.05) is 0 Å². The van der Waals surface area contributed by atoms with Gasteiger partial charge < -0.3 is 0 Å². The third-order valence-electron chi connectivity index (χ3n) is 2.68. The summed E-state index contributed by atoms with van der Waals surface area (Å²) < 4.78 is 0. The molecule has 98 valence electrons. The third-order valence-corrected chi connectivity index (χ3v) is 2.68. The largest absolute Gasteiger partial charge is 0.121 e. The van der Waals surface area contributed by atoms with Crippen LogP contribution < -0.4 is 0 Å². The summed E-state index contributed by atoms with van der Waals surface area (Å²) in [4.78, 5) is 0. The molecule has 0 saturated carbocycles. The van der Waals surface area contributed by atoms with Crippen molar-refractivity contribution in [3.63, 3.8) is 0 Å². The zero-order valence-corrected chi connectivity index (χ0v) is 12.1. The minimum Gasteiger partial charge on any atom is -0.121 e. The maximum Gasteiger partial charge on any atom is -0.00318 e. The van der Waals surface area contributed by atoms with Gasteiger partial charge in [0.25, 0.3) is 0 Å². The summed E-state index contributed by atoms with van der Waals surface area (Å²) in [7, 11) is 0. The van der Waals surface area contributed by atoms with Gasteiger partial charge in [-0.25, -0.2) is 0 Å². The molecule has 0 bridgehead atoms. The van der Waals surface area contributed by atoms with Crippen LogP contribution in [0.2, 0.25) is 0 Å². The van der Waals surface area contributed by atoms with Gasteiger partial charge in [-0.15, -0.1) is 5.73 Å². The van der Waals surface area contributed by atoms with Gasteiger partial charge in [-0.05, 0) is 44.8 Å². The average Bonchev–Trinajstić information content (AvgIpc) is 2.38. The molecule has 0 spiro atoms. The minimum absolute atomic E-state index is 0.991. The fraction of sp³-hybridized carbons (Fsp3) is 0.389. The Morgan fingerprint density at radius 3 is 2.44 bits per heavy atom.